The standard InChI is InChI=1S/C16H12O5/c1-2-9-20-16(19)13(17)8-7-11-10-21-14-6-4-3-5-12(14)15(11)18/h2-8,10H,1,9H2/b8-7+. The summed E-state index contributed by atoms with van der Waals surface area (Å²) in [4.78, 5) is 34.8. The van der Waals surface area contributed by atoms with Gasteiger partial charge in [-0.15, -0.1) is 0 Å². The second-order valence-electron chi connectivity index (χ2n) is 4.10. The number of carbonyl (C=O) groups is 2. The minimum atomic E-state index is -1.00. The van der Waals surface area contributed by atoms with Crippen molar-refractivity contribution in [2.24, 2.45) is 0 Å². The summed E-state index contributed by atoms with van der Waals surface area (Å²) >= 11 is 0. The summed E-state index contributed by atoms with van der Waals surface area (Å²) in [6.45, 7) is 3.32. The van der Waals surface area contributed by atoms with Crippen LogP contribution in [-0.2, 0) is 14.3 Å². The predicted octanol–water partition coefficient (Wildman–Crippen LogP) is 2.10. The molecule has 0 bridgehead atoms. The van der Waals surface area contributed by atoms with Crippen molar-refractivity contribution in [2.75, 3.05) is 6.61 Å². The van der Waals surface area contributed by atoms with E-state index in [1.807, 2.05) is 0 Å². The van der Waals surface area contributed by atoms with Gasteiger partial charge in [-0.1, -0.05) is 24.8 Å². The van der Waals surface area contributed by atoms with Gasteiger partial charge in [0, 0.05) is 0 Å². The van der Waals surface area contributed by atoms with Crippen LogP contribution in [0.5, 0.6) is 0 Å². The van der Waals surface area contributed by atoms with Gasteiger partial charge in [0.15, 0.2) is 5.43 Å². The quantitative estimate of drug-likeness (QED) is 0.364. The molecule has 2 aromatic rings. The molecule has 21 heavy (non-hydrogen) atoms. The summed E-state index contributed by atoms with van der Waals surface area (Å²) in [7, 11) is 0. The molecule has 0 radical (unpaired) electrons. The van der Waals surface area contributed by atoms with Crippen molar-refractivity contribution in [1.82, 2.24) is 0 Å². The summed E-state index contributed by atoms with van der Waals surface area (Å²) in [6, 6.07) is 6.76. The van der Waals surface area contributed by atoms with Gasteiger partial charge in [0.2, 0.25) is 0 Å². The van der Waals surface area contributed by atoms with E-state index in [4.69, 9.17) is 4.42 Å². The lowest BCUT2D eigenvalue weighted by Crippen LogP contribution is -2.15. The zero-order valence-electron chi connectivity index (χ0n) is 11.1. The maximum atomic E-state index is 12.1. The first-order chi connectivity index (χ1) is 10.1. The van der Waals surface area contributed by atoms with E-state index in [0.717, 1.165) is 6.08 Å². The Kier molecular flexibility index (Phi) is 4.46. The molecule has 0 aliphatic carbocycles. The van der Waals surface area contributed by atoms with Gasteiger partial charge >= 0.3 is 5.97 Å². The van der Waals surface area contributed by atoms with Gasteiger partial charge in [0.1, 0.15) is 18.5 Å². The fraction of sp³-hybridized carbons (Fsp3) is 0.0625. The average molecular weight is 284 g/mol. The van der Waals surface area contributed by atoms with E-state index in [0.29, 0.717) is 11.0 Å². The number of ketones is 1. The summed E-state index contributed by atoms with van der Waals surface area (Å²) in [5, 5.41) is 0.404. The lowest BCUT2D eigenvalue weighted by atomic mass is 10.1. The van der Waals surface area contributed by atoms with Crippen LogP contribution >= 0.6 is 0 Å². The minimum absolute atomic E-state index is 0.0451. The van der Waals surface area contributed by atoms with Gasteiger partial charge in [-0.25, -0.2) is 4.79 Å². The second-order valence-corrected chi connectivity index (χ2v) is 4.10. The number of benzene rings is 1. The number of fused-ring (bicyclic) bond motifs is 1. The Morgan fingerprint density at radius 2 is 2.05 bits per heavy atom. The highest BCUT2D eigenvalue weighted by atomic mass is 16.5. The second kappa shape index (κ2) is 6.47. The zero-order valence-corrected chi connectivity index (χ0v) is 11.1. The van der Waals surface area contributed by atoms with Crippen molar-refractivity contribution in [3.8, 4) is 0 Å². The molecule has 0 saturated heterocycles. The lowest BCUT2D eigenvalue weighted by molar-refractivity contribution is -0.150. The average Bonchev–Trinajstić information content (AvgIpc) is 2.52. The molecule has 0 unspecified atom stereocenters. The third kappa shape index (κ3) is 3.33. The maximum absolute atomic E-state index is 12.1. The molecule has 0 aliphatic heterocycles. The first-order valence-electron chi connectivity index (χ1n) is 6.14. The lowest BCUT2D eigenvalue weighted by Gasteiger charge is -1.98. The summed E-state index contributed by atoms with van der Waals surface area (Å²) in [5.41, 5.74) is 0.357. The third-order valence-electron chi connectivity index (χ3n) is 2.65. The molecule has 5 heteroatoms. The SMILES string of the molecule is C=CCOC(=O)C(=O)/C=C/c1coc2ccccc2c1=O. The van der Waals surface area contributed by atoms with Crippen LogP contribution in [0, 0.1) is 0 Å². The molecule has 5 nitrogen and oxygen atoms in total. The zero-order chi connectivity index (χ0) is 15.2. The smallest absolute Gasteiger partial charge is 0.379 e. The molecular weight excluding hydrogens is 272 g/mol. The molecule has 0 spiro atoms. The molecule has 0 saturated carbocycles. The van der Waals surface area contributed by atoms with Crippen molar-refractivity contribution in [2.45, 2.75) is 0 Å². The molecule has 1 heterocycles. The van der Waals surface area contributed by atoms with E-state index in [9.17, 15) is 14.4 Å². The summed E-state index contributed by atoms with van der Waals surface area (Å²) in [6.07, 6.45) is 4.80. The van der Waals surface area contributed by atoms with Crippen molar-refractivity contribution in [1.29, 1.82) is 0 Å². The summed E-state index contributed by atoms with van der Waals surface area (Å²) in [5.74, 6) is -1.86. The molecule has 1 aromatic heterocycles. The van der Waals surface area contributed by atoms with Gasteiger partial charge in [0.25, 0.3) is 5.78 Å². The van der Waals surface area contributed by atoms with Gasteiger partial charge in [0.05, 0.1) is 10.9 Å². The number of hydrogen-bond donors (Lipinski definition) is 0. The topological polar surface area (TPSA) is 73.6 Å². The Bertz CT molecular complexity index is 783. The van der Waals surface area contributed by atoms with E-state index >= 15 is 0 Å². The fourth-order valence-corrected chi connectivity index (χ4v) is 1.65. The van der Waals surface area contributed by atoms with Crippen LogP contribution in [0.1, 0.15) is 5.56 Å². The normalized spacial score (nSPS) is 10.7. The van der Waals surface area contributed by atoms with Crippen LogP contribution in [0.2, 0.25) is 0 Å². The molecule has 2 rings (SSSR count). The highest BCUT2D eigenvalue weighted by Crippen LogP contribution is 2.11. The minimum Gasteiger partial charge on any atom is -0.463 e. The van der Waals surface area contributed by atoms with E-state index in [1.54, 1.807) is 24.3 Å². The first kappa shape index (κ1) is 14.5. The highest BCUT2D eigenvalue weighted by molar-refractivity contribution is 6.39. The maximum Gasteiger partial charge on any atom is 0.379 e. The van der Waals surface area contributed by atoms with Crippen molar-refractivity contribution >= 4 is 28.8 Å². The van der Waals surface area contributed by atoms with E-state index in [1.165, 1.54) is 18.4 Å². The molecule has 106 valence electrons. The van der Waals surface area contributed by atoms with E-state index in [2.05, 4.69) is 11.3 Å². The largest absolute Gasteiger partial charge is 0.463 e. The van der Waals surface area contributed by atoms with Crippen molar-refractivity contribution in [3.05, 3.63) is 65.0 Å². The monoisotopic (exact) mass is 284 g/mol. The molecule has 0 aliphatic rings. The van der Waals surface area contributed by atoms with Crippen molar-refractivity contribution < 1.29 is 18.7 Å². The van der Waals surface area contributed by atoms with Crippen LogP contribution in [0.25, 0.3) is 17.0 Å². The molecule has 0 amide bonds. The number of rotatable bonds is 5. The Hall–Kier alpha value is -2.95. The molecule has 0 atom stereocenters. The molecule has 1 aromatic carbocycles. The van der Waals surface area contributed by atoms with Gasteiger partial charge in [-0.05, 0) is 24.3 Å². The predicted molar refractivity (Wildman–Crippen MR) is 77.7 cm³/mol. The Morgan fingerprint density at radius 3 is 2.81 bits per heavy atom. The van der Waals surface area contributed by atoms with Gasteiger partial charge in [-0.3, -0.25) is 9.59 Å². The van der Waals surface area contributed by atoms with Crippen LogP contribution in [0.15, 0.2) is 58.5 Å². The van der Waals surface area contributed by atoms with Crippen molar-refractivity contribution in [3.63, 3.8) is 0 Å². The van der Waals surface area contributed by atoms with Crippen LogP contribution in [0.3, 0.4) is 0 Å². The Morgan fingerprint density at radius 1 is 1.29 bits per heavy atom. The van der Waals surface area contributed by atoms with Gasteiger partial charge < -0.3 is 9.15 Å². The molecule has 0 fully saturated rings. The Labute approximate surface area is 120 Å². The molecular formula is C16H12O5. The third-order valence-corrected chi connectivity index (χ3v) is 2.65. The number of esters is 1. The van der Waals surface area contributed by atoms with Crippen LogP contribution in [-0.4, -0.2) is 18.4 Å². The number of hydrogen-bond acceptors (Lipinski definition) is 5. The van der Waals surface area contributed by atoms with Crippen LogP contribution < -0.4 is 5.43 Å². The van der Waals surface area contributed by atoms with E-state index < -0.39 is 11.8 Å². The fourth-order valence-electron chi connectivity index (χ4n) is 1.65. The summed E-state index contributed by atoms with van der Waals surface area (Å²) < 4.78 is 9.87. The van der Waals surface area contributed by atoms with Crippen LogP contribution in [0.4, 0.5) is 0 Å². The number of carbonyl (C=O) groups excluding carboxylic acids is 2. The number of ether oxygens (including phenoxy) is 1. The highest BCUT2D eigenvalue weighted by Gasteiger charge is 2.11. The first-order valence-corrected chi connectivity index (χ1v) is 6.14. The van der Waals surface area contributed by atoms with Gasteiger partial charge in [-0.2, -0.15) is 0 Å². The van der Waals surface area contributed by atoms with E-state index in [-0.39, 0.29) is 17.6 Å². The molecule has 0 N–H and O–H groups in total. The number of para-hydroxylation sites is 1. The Balaban J connectivity index is 2.24.